The van der Waals surface area contributed by atoms with E-state index in [2.05, 4.69) is 10.3 Å². The van der Waals surface area contributed by atoms with Crippen molar-refractivity contribution in [2.45, 2.75) is 19.0 Å². The smallest absolute Gasteiger partial charge is 0.417 e. The first-order valence-corrected chi connectivity index (χ1v) is 4.88. The third-order valence-corrected chi connectivity index (χ3v) is 1.96. The molecule has 0 aliphatic rings. The molecule has 0 amide bonds. The number of carbonyl (C=O) groups is 1. The van der Waals surface area contributed by atoms with Gasteiger partial charge in [0.1, 0.15) is 5.82 Å². The minimum Gasteiger partial charge on any atom is -0.481 e. The molecule has 0 saturated heterocycles. The van der Waals surface area contributed by atoms with Gasteiger partial charge in [0.05, 0.1) is 5.56 Å². The summed E-state index contributed by atoms with van der Waals surface area (Å²) < 4.78 is 36.6. The molecular formula is C10H11F3N2O2. The highest BCUT2D eigenvalue weighted by Crippen LogP contribution is 2.28. The Balaban J connectivity index is 2.43. The van der Waals surface area contributed by atoms with Crippen molar-refractivity contribution < 1.29 is 23.1 Å². The third kappa shape index (κ3) is 4.71. The number of nitrogens with zero attached hydrogens (tertiary/aromatic N) is 1. The van der Waals surface area contributed by atoms with Crippen molar-refractivity contribution in [3.05, 3.63) is 23.9 Å². The molecule has 0 aromatic carbocycles. The summed E-state index contributed by atoms with van der Waals surface area (Å²) in [4.78, 5) is 13.8. The molecule has 0 radical (unpaired) electrons. The van der Waals surface area contributed by atoms with Gasteiger partial charge in [-0.05, 0) is 18.6 Å². The maximum Gasteiger partial charge on any atom is 0.417 e. The zero-order valence-corrected chi connectivity index (χ0v) is 8.79. The highest BCUT2D eigenvalue weighted by molar-refractivity contribution is 5.66. The van der Waals surface area contributed by atoms with Crippen molar-refractivity contribution in [3.63, 3.8) is 0 Å². The van der Waals surface area contributed by atoms with Crippen LogP contribution in [0.1, 0.15) is 18.4 Å². The van der Waals surface area contributed by atoms with E-state index in [0.717, 1.165) is 12.3 Å². The summed E-state index contributed by atoms with van der Waals surface area (Å²) in [6.45, 7) is 0.352. The summed E-state index contributed by atoms with van der Waals surface area (Å²) >= 11 is 0. The SMILES string of the molecule is O=C(O)CCCNc1ccc(C(F)(F)F)cn1. The first kappa shape index (κ1) is 13.3. The Bertz CT molecular complexity index is 376. The lowest BCUT2D eigenvalue weighted by molar-refractivity contribution is -0.138. The van der Waals surface area contributed by atoms with Crippen LogP contribution < -0.4 is 5.32 Å². The van der Waals surface area contributed by atoms with Crippen LogP contribution in [-0.4, -0.2) is 22.6 Å². The normalized spacial score (nSPS) is 11.2. The van der Waals surface area contributed by atoms with Gasteiger partial charge in [-0.3, -0.25) is 4.79 Å². The standard InChI is InChI=1S/C10H11F3N2O2/c11-10(12,13)7-3-4-8(15-6-7)14-5-1-2-9(16)17/h3-4,6H,1-2,5H2,(H,14,15)(H,16,17). The Morgan fingerprint density at radius 2 is 2.12 bits per heavy atom. The summed E-state index contributed by atoms with van der Waals surface area (Å²) in [5.74, 6) is -0.615. The van der Waals surface area contributed by atoms with Crippen LogP contribution in [0.3, 0.4) is 0 Å². The number of pyridine rings is 1. The molecule has 1 aromatic heterocycles. The second-order valence-electron chi connectivity index (χ2n) is 3.35. The lowest BCUT2D eigenvalue weighted by Crippen LogP contribution is -2.08. The number of aliphatic carboxylic acids is 1. The van der Waals surface area contributed by atoms with Crippen LogP contribution in [0.4, 0.5) is 19.0 Å². The molecule has 0 saturated carbocycles. The van der Waals surface area contributed by atoms with E-state index in [1.165, 1.54) is 6.07 Å². The van der Waals surface area contributed by atoms with Crippen LogP contribution in [0.15, 0.2) is 18.3 Å². The van der Waals surface area contributed by atoms with Gasteiger partial charge >= 0.3 is 12.1 Å². The largest absolute Gasteiger partial charge is 0.481 e. The van der Waals surface area contributed by atoms with Crippen LogP contribution in [-0.2, 0) is 11.0 Å². The number of hydrogen-bond donors (Lipinski definition) is 2. The van der Waals surface area contributed by atoms with Gasteiger partial charge in [-0.25, -0.2) is 4.98 Å². The molecule has 7 heteroatoms. The molecular weight excluding hydrogens is 237 g/mol. The van der Waals surface area contributed by atoms with Gasteiger partial charge in [-0.2, -0.15) is 13.2 Å². The number of alkyl halides is 3. The fourth-order valence-electron chi connectivity index (χ4n) is 1.12. The van der Waals surface area contributed by atoms with Gasteiger partial charge in [0.25, 0.3) is 0 Å². The zero-order valence-electron chi connectivity index (χ0n) is 8.79. The Kier molecular flexibility index (Phi) is 4.30. The van der Waals surface area contributed by atoms with E-state index in [1.807, 2.05) is 0 Å². The topological polar surface area (TPSA) is 62.2 Å². The molecule has 0 unspecified atom stereocenters. The second-order valence-corrected chi connectivity index (χ2v) is 3.35. The van der Waals surface area contributed by atoms with E-state index in [4.69, 9.17) is 5.11 Å². The fraction of sp³-hybridized carbons (Fsp3) is 0.400. The maximum atomic E-state index is 12.2. The summed E-state index contributed by atoms with van der Waals surface area (Å²) in [6.07, 6.45) is -3.26. The predicted molar refractivity (Wildman–Crippen MR) is 54.6 cm³/mol. The minimum atomic E-state index is -4.39. The van der Waals surface area contributed by atoms with Crippen molar-refractivity contribution in [2.75, 3.05) is 11.9 Å². The molecule has 0 bridgehead atoms. The lowest BCUT2D eigenvalue weighted by atomic mass is 10.2. The van der Waals surface area contributed by atoms with Crippen LogP contribution >= 0.6 is 0 Å². The summed E-state index contributed by atoms with van der Waals surface area (Å²) in [7, 11) is 0. The van der Waals surface area contributed by atoms with Crippen molar-refractivity contribution in [2.24, 2.45) is 0 Å². The molecule has 1 aromatic rings. The second kappa shape index (κ2) is 5.51. The molecule has 0 aliphatic carbocycles. The molecule has 4 nitrogen and oxygen atoms in total. The first-order chi connectivity index (χ1) is 7.89. The van der Waals surface area contributed by atoms with Crippen molar-refractivity contribution in [1.82, 2.24) is 4.98 Å². The first-order valence-electron chi connectivity index (χ1n) is 4.88. The molecule has 0 atom stereocenters. The molecule has 0 aliphatic heterocycles. The highest BCUT2D eigenvalue weighted by Gasteiger charge is 2.30. The Hall–Kier alpha value is -1.79. The van der Waals surface area contributed by atoms with Gasteiger partial charge < -0.3 is 10.4 Å². The zero-order chi connectivity index (χ0) is 12.9. The van der Waals surface area contributed by atoms with Crippen LogP contribution in [0.2, 0.25) is 0 Å². The van der Waals surface area contributed by atoms with E-state index in [0.29, 0.717) is 18.8 Å². The Morgan fingerprint density at radius 1 is 1.41 bits per heavy atom. The summed E-state index contributed by atoms with van der Waals surface area (Å²) in [5, 5.41) is 11.1. The monoisotopic (exact) mass is 248 g/mol. The number of halogens is 3. The Morgan fingerprint density at radius 3 is 2.59 bits per heavy atom. The van der Waals surface area contributed by atoms with Crippen LogP contribution in [0.25, 0.3) is 0 Å². The minimum absolute atomic E-state index is 0.00757. The van der Waals surface area contributed by atoms with E-state index < -0.39 is 17.7 Å². The number of carboxylic acids is 1. The molecule has 1 heterocycles. The lowest BCUT2D eigenvalue weighted by Gasteiger charge is -2.08. The molecule has 2 N–H and O–H groups in total. The number of carboxylic acid groups (broad SMARTS) is 1. The van der Waals surface area contributed by atoms with Gasteiger partial charge in [-0.15, -0.1) is 0 Å². The molecule has 0 fully saturated rings. The van der Waals surface area contributed by atoms with Gasteiger partial charge in [-0.1, -0.05) is 0 Å². The van der Waals surface area contributed by atoms with Crippen LogP contribution in [0, 0.1) is 0 Å². The van der Waals surface area contributed by atoms with Gasteiger partial charge in [0.15, 0.2) is 0 Å². The van der Waals surface area contributed by atoms with Gasteiger partial charge in [0.2, 0.25) is 0 Å². The average molecular weight is 248 g/mol. The van der Waals surface area contributed by atoms with E-state index in [-0.39, 0.29) is 6.42 Å². The van der Waals surface area contributed by atoms with Crippen molar-refractivity contribution >= 4 is 11.8 Å². The number of nitrogens with one attached hydrogen (secondary N) is 1. The van der Waals surface area contributed by atoms with Crippen molar-refractivity contribution in [3.8, 4) is 0 Å². The quantitative estimate of drug-likeness (QED) is 0.785. The molecule has 17 heavy (non-hydrogen) atoms. The van der Waals surface area contributed by atoms with E-state index in [1.54, 1.807) is 0 Å². The highest BCUT2D eigenvalue weighted by atomic mass is 19.4. The van der Waals surface area contributed by atoms with E-state index in [9.17, 15) is 18.0 Å². The third-order valence-electron chi connectivity index (χ3n) is 1.96. The number of rotatable bonds is 5. The molecule has 94 valence electrons. The number of aromatic nitrogens is 1. The predicted octanol–water partition coefficient (Wildman–Crippen LogP) is 2.38. The van der Waals surface area contributed by atoms with Crippen LogP contribution in [0.5, 0.6) is 0 Å². The molecule has 1 rings (SSSR count). The summed E-state index contributed by atoms with van der Waals surface area (Å²) in [6, 6.07) is 2.14. The summed E-state index contributed by atoms with van der Waals surface area (Å²) in [5.41, 5.74) is -0.811. The van der Waals surface area contributed by atoms with Crippen molar-refractivity contribution in [1.29, 1.82) is 0 Å². The van der Waals surface area contributed by atoms with Gasteiger partial charge in [0, 0.05) is 19.2 Å². The maximum absolute atomic E-state index is 12.2. The average Bonchev–Trinajstić information content (AvgIpc) is 2.23. The number of anilines is 1. The number of hydrogen-bond acceptors (Lipinski definition) is 3. The van der Waals surface area contributed by atoms with E-state index >= 15 is 0 Å². The molecule has 0 spiro atoms. The Labute approximate surface area is 95.5 Å². The fourth-order valence-corrected chi connectivity index (χ4v) is 1.12.